The maximum atomic E-state index is 13.5. The van der Waals surface area contributed by atoms with Crippen LogP contribution < -0.4 is 14.8 Å². The SMILES string of the molecule is CC(=O)c1cc2c(OC(=O)CCC[C@H](C(=O)OC(C)(C)C)N(C)C(=O)OC(C)(C)C)c3ccccc3c(OC(=O)NCC[C@@H](C(=O)OC(C)(C)C)N(C)C(=O)OC(C)(C)C)c2o1. The molecular weight excluding hydrogens is 807 g/mol. The third-order valence-corrected chi connectivity index (χ3v) is 8.56. The van der Waals surface area contributed by atoms with Gasteiger partial charge >= 0.3 is 36.2 Å². The van der Waals surface area contributed by atoms with E-state index in [4.69, 9.17) is 32.8 Å². The second-order valence-corrected chi connectivity index (χ2v) is 18.9. The zero-order valence-electron chi connectivity index (χ0n) is 38.7. The van der Waals surface area contributed by atoms with Crippen molar-refractivity contribution in [1.29, 1.82) is 0 Å². The molecule has 0 saturated heterocycles. The van der Waals surface area contributed by atoms with Crippen molar-refractivity contribution in [2.75, 3.05) is 20.6 Å². The second-order valence-electron chi connectivity index (χ2n) is 18.9. The fourth-order valence-corrected chi connectivity index (χ4v) is 5.91. The van der Waals surface area contributed by atoms with Crippen molar-refractivity contribution in [1.82, 2.24) is 15.1 Å². The number of ether oxygens (including phenoxy) is 6. The summed E-state index contributed by atoms with van der Waals surface area (Å²) in [6.07, 6.45) is -2.59. The number of Topliss-reactive ketones (excluding diaryl/α,β-unsaturated/α-hetero) is 1. The molecule has 0 radical (unpaired) electrons. The summed E-state index contributed by atoms with van der Waals surface area (Å²) in [5, 5.41) is 3.39. The number of benzene rings is 2. The first-order valence-electron chi connectivity index (χ1n) is 20.4. The van der Waals surface area contributed by atoms with E-state index in [1.165, 1.54) is 27.1 Å². The van der Waals surface area contributed by atoms with Crippen LogP contribution >= 0.6 is 0 Å². The van der Waals surface area contributed by atoms with E-state index in [1.54, 1.807) is 107 Å². The maximum absolute atomic E-state index is 13.5. The van der Waals surface area contributed by atoms with Gasteiger partial charge in [0.2, 0.25) is 0 Å². The average Bonchev–Trinajstić information content (AvgIpc) is 3.56. The van der Waals surface area contributed by atoms with Crippen molar-refractivity contribution in [2.45, 2.75) is 150 Å². The van der Waals surface area contributed by atoms with Gasteiger partial charge in [-0.15, -0.1) is 0 Å². The molecule has 0 spiro atoms. The highest BCUT2D eigenvalue weighted by atomic mass is 16.6. The summed E-state index contributed by atoms with van der Waals surface area (Å²) in [5.74, 6) is -2.69. The Morgan fingerprint density at radius 2 is 1.08 bits per heavy atom. The molecule has 0 unspecified atom stereocenters. The van der Waals surface area contributed by atoms with Gasteiger partial charge in [-0.1, -0.05) is 24.3 Å². The lowest BCUT2D eigenvalue weighted by Crippen LogP contribution is -2.48. The lowest BCUT2D eigenvalue weighted by Gasteiger charge is -2.31. The first kappa shape index (κ1) is 50.5. The number of amides is 3. The minimum atomic E-state index is -1.14. The molecule has 0 aliphatic rings. The van der Waals surface area contributed by atoms with Crippen LogP contribution in [0.1, 0.15) is 126 Å². The van der Waals surface area contributed by atoms with E-state index in [-0.39, 0.29) is 60.5 Å². The Labute approximate surface area is 363 Å². The molecule has 0 aliphatic carbocycles. The van der Waals surface area contributed by atoms with Gasteiger partial charge in [-0.25, -0.2) is 24.0 Å². The zero-order valence-corrected chi connectivity index (χ0v) is 38.7. The smallest absolute Gasteiger partial charge is 0.412 e. The molecule has 0 aliphatic heterocycles. The minimum Gasteiger partial charge on any atom is -0.458 e. The predicted molar refractivity (Wildman–Crippen MR) is 229 cm³/mol. The largest absolute Gasteiger partial charge is 0.458 e. The Morgan fingerprint density at radius 1 is 0.629 bits per heavy atom. The summed E-state index contributed by atoms with van der Waals surface area (Å²) in [6.45, 7) is 21.5. The second kappa shape index (κ2) is 19.9. The number of nitrogens with one attached hydrogen (secondary N) is 1. The highest BCUT2D eigenvalue weighted by Crippen LogP contribution is 2.44. The van der Waals surface area contributed by atoms with E-state index in [9.17, 15) is 33.6 Å². The van der Waals surface area contributed by atoms with Crippen LogP contribution in [0.25, 0.3) is 21.7 Å². The van der Waals surface area contributed by atoms with Crippen molar-refractivity contribution in [3.8, 4) is 11.5 Å². The lowest BCUT2D eigenvalue weighted by atomic mass is 10.0. The Bertz CT molecular complexity index is 2000. The van der Waals surface area contributed by atoms with E-state index < -0.39 is 76.5 Å². The number of nitrogens with zero attached hydrogens (tertiary/aromatic N) is 2. The van der Waals surface area contributed by atoms with Crippen LogP contribution in [0.5, 0.6) is 11.5 Å². The first-order valence-corrected chi connectivity index (χ1v) is 20.4. The molecule has 17 heteroatoms. The van der Waals surface area contributed by atoms with Crippen LogP contribution in [0.15, 0.2) is 34.7 Å². The van der Waals surface area contributed by atoms with Gasteiger partial charge in [0.25, 0.3) is 0 Å². The number of carbonyl (C=O) groups excluding carboxylic acids is 7. The molecule has 2 atom stereocenters. The van der Waals surface area contributed by atoms with E-state index in [2.05, 4.69) is 5.32 Å². The number of rotatable bonds is 14. The summed E-state index contributed by atoms with van der Waals surface area (Å²) in [6, 6.07) is 5.75. The fourth-order valence-electron chi connectivity index (χ4n) is 5.91. The molecule has 62 heavy (non-hydrogen) atoms. The molecule has 3 aromatic rings. The van der Waals surface area contributed by atoms with Gasteiger partial charge in [0.05, 0.1) is 5.39 Å². The molecule has 3 amide bonds. The standard InChI is InChI=1S/C45H63N3O14/c1-26(49)32-25-29-34(57-33(50)22-18-21-30(37(51)59-42(2,3)4)47(14)40(54)61-44(8,9)10)27-19-16-17-20-28(27)35(36(29)56-32)58-39(53)46-24-23-31(38(52)60-43(5,6)7)48(15)41(55)62-45(11,12)13/h16-17,19-20,25,30-31H,18,21-24H2,1-15H3,(H,46,53)/t30-,31+/m1/s1. The van der Waals surface area contributed by atoms with Gasteiger partial charge in [0.15, 0.2) is 22.9 Å². The van der Waals surface area contributed by atoms with Gasteiger partial charge in [0, 0.05) is 44.8 Å². The molecule has 1 heterocycles. The van der Waals surface area contributed by atoms with E-state index in [1.807, 2.05) is 0 Å². The Kier molecular flexibility index (Phi) is 16.2. The predicted octanol–water partition coefficient (Wildman–Crippen LogP) is 8.50. The lowest BCUT2D eigenvalue weighted by molar-refractivity contribution is -0.162. The van der Waals surface area contributed by atoms with Crippen LogP contribution in [-0.4, -0.2) is 107 Å². The molecule has 3 rings (SSSR count). The molecule has 2 aromatic carbocycles. The van der Waals surface area contributed by atoms with Crippen LogP contribution in [0.4, 0.5) is 14.4 Å². The summed E-state index contributed by atoms with van der Waals surface area (Å²) >= 11 is 0. The highest BCUT2D eigenvalue weighted by molar-refractivity contribution is 6.12. The molecular formula is C45H63N3O14. The summed E-state index contributed by atoms with van der Waals surface area (Å²) < 4.78 is 39.7. The summed E-state index contributed by atoms with van der Waals surface area (Å²) in [7, 11) is 2.82. The monoisotopic (exact) mass is 869 g/mol. The van der Waals surface area contributed by atoms with Crippen molar-refractivity contribution in [3.63, 3.8) is 0 Å². The van der Waals surface area contributed by atoms with E-state index in [0.717, 1.165) is 9.80 Å². The molecule has 0 fully saturated rings. The average molecular weight is 870 g/mol. The number of furan rings is 1. The van der Waals surface area contributed by atoms with Gasteiger partial charge in [-0.2, -0.15) is 0 Å². The molecule has 0 bridgehead atoms. The number of fused-ring (bicyclic) bond motifs is 2. The number of hydrogen-bond acceptors (Lipinski definition) is 14. The van der Waals surface area contributed by atoms with Crippen LogP contribution in [0, 0.1) is 0 Å². The Balaban J connectivity index is 1.89. The summed E-state index contributed by atoms with van der Waals surface area (Å²) in [5.41, 5.74) is -3.43. The van der Waals surface area contributed by atoms with Crippen molar-refractivity contribution in [2.24, 2.45) is 0 Å². The molecule has 342 valence electrons. The number of likely N-dealkylation sites (N-methyl/N-ethyl adjacent to an activating group) is 2. The van der Waals surface area contributed by atoms with Crippen molar-refractivity contribution < 1.29 is 66.4 Å². The minimum absolute atomic E-state index is 0.0320. The fraction of sp³-hybridized carbons (Fsp3) is 0.578. The summed E-state index contributed by atoms with van der Waals surface area (Å²) in [4.78, 5) is 94.1. The van der Waals surface area contributed by atoms with Gasteiger partial charge in [0.1, 0.15) is 40.2 Å². The van der Waals surface area contributed by atoms with Crippen molar-refractivity contribution >= 4 is 63.7 Å². The highest BCUT2D eigenvalue weighted by Gasteiger charge is 2.35. The van der Waals surface area contributed by atoms with Crippen LogP contribution in [0.2, 0.25) is 0 Å². The molecule has 1 N–H and O–H groups in total. The Morgan fingerprint density at radius 3 is 1.53 bits per heavy atom. The molecule has 17 nitrogen and oxygen atoms in total. The maximum Gasteiger partial charge on any atom is 0.412 e. The van der Waals surface area contributed by atoms with Gasteiger partial charge in [-0.3, -0.25) is 19.4 Å². The number of ketones is 1. The first-order chi connectivity index (χ1) is 28.4. The Hall–Kier alpha value is -5.87. The number of carbonyl (C=O) groups is 7. The quantitative estimate of drug-likeness (QED) is 0.0698. The van der Waals surface area contributed by atoms with E-state index >= 15 is 0 Å². The third kappa shape index (κ3) is 14.9. The van der Waals surface area contributed by atoms with Crippen molar-refractivity contribution in [3.05, 3.63) is 36.1 Å². The zero-order chi connectivity index (χ0) is 47.1. The molecule has 0 saturated carbocycles. The van der Waals surface area contributed by atoms with Gasteiger partial charge in [-0.05, 0) is 108 Å². The third-order valence-electron chi connectivity index (χ3n) is 8.56. The van der Waals surface area contributed by atoms with Crippen LogP contribution in [-0.2, 0) is 33.3 Å². The topological polar surface area (TPSA) is 207 Å². The number of hydrogen-bond donors (Lipinski definition) is 1. The number of esters is 3. The molecule has 1 aromatic heterocycles. The van der Waals surface area contributed by atoms with E-state index in [0.29, 0.717) is 10.8 Å². The van der Waals surface area contributed by atoms with Crippen LogP contribution in [0.3, 0.4) is 0 Å². The van der Waals surface area contributed by atoms with Gasteiger partial charge < -0.3 is 38.2 Å². The normalized spacial score (nSPS) is 13.1.